The van der Waals surface area contributed by atoms with Crippen LogP contribution in [0.2, 0.25) is 0 Å². The fourth-order valence-corrected chi connectivity index (χ4v) is 2.66. The maximum absolute atomic E-state index is 11.6. The van der Waals surface area contributed by atoms with Crippen molar-refractivity contribution < 1.29 is 8.42 Å². The molecule has 8 nitrogen and oxygen atoms in total. The largest absolute Gasteiger partial charge is 0.295 e. The van der Waals surface area contributed by atoms with Crippen molar-refractivity contribution in [3.05, 3.63) is 11.8 Å². The third-order valence-corrected chi connectivity index (χ3v) is 3.75. The van der Waals surface area contributed by atoms with Crippen LogP contribution in [0, 0.1) is 0 Å². The van der Waals surface area contributed by atoms with Gasteiger partial charge >= 0.3 is 0 Å². The molecular weight excluding hydrogens is 280 g/mol. The number of nitrogens with two attached hydrogens (primary N) is 1. The van der Waals surface area contributed by atoms with E-state index in [-0.39, 0.29) is 5.16 Å². The summed E-state index contributed by atoms with van der Waals surface area (Å²) in [6.45, 7) is 4.41. The Morgan fingerprint density at radius 3 is 2.50 bits per heavy atom. The van der Waals surface area contributed by atoms with Gasteiger partial charge in [0.15, 0.2) is 5.82 Å². The van der Waals surface area contributed by atoms with Crippen molar-refractivity contribution in [2.75, 3.05) is 0 Å². The van der Waals surface area contributed by atoms with Gasteiger partial charge in [-0.1, -0.05) is 13.8 Å². The zero-order valence-electron chi connectivity index (χ0n) is 11.7. The average molecular weight is 298 g/mol. The van der Waals surface area contributed by atoms with E-state index in [0.717, 1.165) is 24.2 Å². The third kappa shape index (κ3) is 2.59. The minimum absolute atomic E-state index is 0.214. The van der Waals surface area contributed by atoms with Crippen LogP contribution in [0.5, 0.6) is 0 Å². The summed E-state index contributed by atoms with van der Waals surface area (Å²) in [6, 6.07) is 1.88. The summed E-state index contributed by atoms with van der Waals surface area (Å²) < 4.78 is 26.3. The first-order valence-electron chi connectivity index (χ1n) is 6.37. The number of nitrogens with zero attached hydrogens (tertiary/aromatic N) is 5. The van der Waals surface area contributed by atoms with Gasteiger partial charge in [0.1, 0.15) is 5.69 Å². The zero-order chi connectivity index (χ0) is 14.9. The van der Waals surface area contributed by atoms with Crippen molar-refractivity contribution in [3.8, 4) is 11.5 Å². The SMILES string of the molecule is CCCn1c(-c2cc(CC)nn2C)nnc1S(N)(=O)=O. The molecule has 0 unspecified atom stereocenters. The highest BCUT2D eigenvalue weighted by Gasteiger charge is 2.23. The lowest BCUT2D eigenvalue weighted by Gasteiger charge is -2.07. The first-order valence-corrected chi connectivity index (χ1v) is 7.92. The van der Waals surface area contributed by atoms with Gasteiger partial charge in [-0.05, 0) is 18.9 Å². The fraction of sp³-hybridized carbons (Fsp3) is 0.545. The quantitative estimate of drug-likeness (QED) is 0.853. The highest BCUT2D eigenvalue weighted by Crippen LogP contribution is 2.21. The van der Waals surface area contributed by atoms with Crippen LogP contribution in [-0.4, -0.2) is 33.0 Å². The van der Waals surface area contributed by atoms with Crippen LogP contribution in [0.15, 0.2) is 11.2 Å². The smallest absolute Gasteiger partial charge is 0.273 e. The summed E-state index contributed by atoms with van der Waals surface area (Å²) in [5.41, 5.74) is 1.63. The molecule has 20 heavy (non-hydrogen) atoms. The summed E-state index contributed by atoms with van der Waals surface area (Å²) in [7, 11) is -2.11. The molecule has 0 amide bonds. The molecule has 0 aliphatic rings. The van der Waals surface area contributed by atoms with Crippen LogP contribution in [0.4, 0.5) is 0 Å². The Balaban J connectivity index is 2.62. The molecule has 2 N–H and O–H groups in total. The zero-order valence-corrected chi connectivity index (χ0v) is 12.6. The van der Waals surface area contributed by atoms with E-state index in [2.05, 4.69) is 15.3 Å². The van der Waals surface area contributed by atoms with Gasteiger partial charge in [-0.25, -0.2) is 13.6 Å². The van der Waals surface area contributed by atoms with E-state index in [1.54, 1.807) is 11.7 Å². The van der Waals surface area contributed by atoms with Gasteiger partial charge < -0.3 is 0 Å². The Morgan fingerprint density at radius 1 is 1.30 bits per heavy atom. The summed E-state index contributed by atoms with van der Waals surface area (Å²) in [5.74, 6) is 0.463. The van der Waals surface area contributed by atoms with Gasteiger partial charge in [0.2, 0.25) is 0 Å². The lowest BCUT2D eigenvalue weighted by molar-refractivity contribution is 0.558. The number of primary sulfonamides is 1. The lowest BCUT2D eigenvalue weighted by Crippen LogP contribution is -2.19. The van der Waals surface area contributed by atoms with Gasteiger partial charge in [0.25, 0.3) is 15.2 Å². The molecule has 110 valence electrons. The van der Waals surface area contributed by atoms with Crippen LogP contribution in [0.1, 0.15) is 26.0 Å². The van der Waals surface area contributed by atoms with Crippen molar-refractivity contribution in [3.63, 3.8) is 0 Å². The minimum atomic E-state index is -3.89. The molecule has 0 fully saturated rings. The predicted octanol–water partition coefficient (Wildman–Crippen LogP) is 0.298. The Morgan fingerprint density at radius 2 is 2.00 bits per heavy atom. The van der Waals surface area contributed by atoms with Crippen molar-refractivity contribution in [2.45, 2.75) is 38.4 Å². The first kappa shape index (κ1) is 14.7. The van der Waals surface area contributed by atoms with Crippen LogP contribution in [0.3, 0.4) is 0 Å². The molecule has 2 rings (SSSR count). The molecule has 0 bridgehead atoms. The van der Waals surface area contributed by atoms with Crippen molar-refractivity contribution in [2.24, 2.45) is 12.2 Å². The molecular formula is C11H18N6O2S. The van der Waals surface area contributed by atoms with E-state index in [0.29, 0.717) is 12.4 Å². The topological polar surface area (TPSA) is 109 Å². The molecule has 0 atom stereocenters. The standard InChI is InChI=1S/C11H18N6O2S/c1-4-6-17-10(13-14-11(17)20(12,18)19)9-7-8(5-2)15-16(9)3/h7H,4-6H2,1-3H3,(H2,12,18,19). The average Bonchev–Trinajstić information content (AvgIpc) is 2.92. The summed E-state index contributed by atoms with van der Waals surface area (Å²) >= 11 is 0. The number of aromatic nitrogens is 5. The number of sulfonamides is 1. The molecule has 0 aromatic carbocycles. The van der Waals surface area contributed by atoms with Crippen LogP contribution in [-0.2, 0) is 30.0 Å². The second kappa shape index (κ2) is 5.33. The molecule has 0 aliphatic heterocycles. The molecule has 0 spiro atoms. The van der Waals surface area contributed by atoms with Crippen LogP contribution >= 0.6 is 0 Å². The Hall–Kier alpha value is -1.74. The van der Waals surface area contributed by atoms with E-state index < -0.39 is 10.0 Å². The molecule has 0 aliphatic carbocycles. The highest BCUT2D eigenvalue weighted by atomic mass is 32.2. The first-order chi connectivity index (χ1) is 9.38. The molecule has 0 saturated carbocycles. The molecule has 2 aromatic rings. The lowest BCUT2D eigenvalue weighted by atomic mass is 10.3. The second-order valence-corrected chi connectivity index (χ2v) is 5.96. The molecule has 2 heterocycles. The number of rotatable bonds is 5. The maximum atomic E-state index is 11.6. The van der Waals surface area contributed by atoms with Crippen LogP contribution in [0.25, 0.3) is 11.5 Å². The Kier molecular flexibility index (Phi) is 3.91. The predicted molar refractivity (Wildman–Crippen MR) is 73.3 cm³/mol. The summed E-state index contributed by atoms with van der Waals surface area (Å²) in [6.07, 6.45) is 1.53. The Bertz CT molecular complexity index is 715. The van der Waals surface area contributed by atoms with Crippen molar-refractivity contribution in [1.82, 2.24) is 24.5 Å². The van der Waals surface area contributed by atoms with Crippen molar-refractivity contribution in [1.29, 1.82) is 0 Å². The minimum Gasteiger partial charge on any atom is -0.295 e. The second-order valence-electron chi connectivity index (χ2n) is 4.50. The van der Waals surface area contributed by atoms with Gasteiger partial charge in [0, 0.05) is 13.6 Å². The highest BCUT2D eigenvalue weighted by molar-refractivity contribution is 7.89. The third-order valence-electron chi connectivity index (χ3n) is 2.94. The molecule has 2 aromatic heterocycles. The van der Waals surface area contributed by atoms with E-state index >= 15 is 0 Å². The van der Waals surface area contributed by atoms with E-state index in [4.69, 9.17) is 5.14 Å². The number of hydrogen-bond donors (Lipinski definition) is 1. The normalized spacial score (nSPS) is 12.0. The van der Waals surface area contributed by atoms with E-state index in [9.17, 15) is 8.42 Å². The number of hydrogen-bond acceptors (Lipinski definition) is 5. The van der Waals surface area contributed by atoms with Crippen LogP contribution < -0.4 is 5.14 Å². The summed E-state index contributed by atoms with van der Waals surface area (Å²) in [5, 5.41) is 17.0. The monoisotopic (exact) mass is 298 g/mol. The molecule has 0 saturated heterocycles. The van der Waals surface area contributed by atoms with Gasteiger partial charge in [0.05, 0.1) is 5.69 Å². The van der Waals surface area contributed by atoms with E-state index in [1.165, 1.54) is 4.57 Å². The van der Waals surface area contributed by atoms with Gasteiger partial charge in [-0.2, -0.15) is 5.10 Å². The van der Waals surface area contributed by atoms with Crippen molar-refractivity contribution >= 4 is 10.0 Å². The summed E-state index contributed by atoms with van der Waals surface area (Å²) in [4.78, 5) is 0. The van der Waals surface area contributed by atoms with E-state index in [1.807, 2.05) is 19.9 Å². The molecule has 9 heteroatoms. The van der Waals surface area contributed by atoms with Gasteiger partial charge in [-0.15, -0.1) is 10.2 Å². The number of aryl methyl sites for hydroxylation is 2. The van der Waals surface area contributed by atoms with Gasteiger partial charge in [-0.3, -0.25) is 9.25 Å². The fourth-order valence-electron chi connectivity index (χ4n) is 2.02. The molecule has 0 radical (unpaired) electrons. The Labute approximate surface area is 117 Å². The maximum Gasteiger partial charge on any atom is 0.273 e.